The number of hydrogen-bond acceptors (Lipinski definition) is 6. The van der Waals surface area contributed by atoms with Crippen LogP contribution >= 0.6 is 27.3 Å². The molecule has 8 heteroatoms. The number of aryl methyl sites for hydroxylation is 2. The van der Waals surface area contributed by atoms with E-state index in [4.69, 9.17) is 4.74 Å². The van der Waals surface area contributed by atoms with Crippen molar-refractivity contribution in [2.24, 2.45) is 0 Å². The summed E-state index contributed by atoms with van der Waals surface area (Å²) < 4.78 is 5.75. The van der Waals surface area contributed by atoms with Crippen LogP contribution in [0.25, 0.3) is 0 Å². The lowest BCUT2D eigenvalue weighted by molar-refractivity contribution is -0.115. The van der Waals surface area contributed by atoms with E-state index in [0.717, 1.165) is 22.4 Å². The van der Waals surface area contributed by atoms with Gasteiger partial charge in [0.05, 0.1) is 15.9 Å². The number of rotatable bonds is 5. The predicted octanol–water partition coefficient (Wildman–Crippen LogP) is 5.58. The Bertz CT molecular complexity index is 1130. The fraction of sp³-hybridized carbons (Fsp3) is 0.227. The van der Waals surface area contributed by atoms with Crippen molar-refractivity contribution in [1.29, 1.82) is 0 Å². The molecule has 1 N–H and O–H groups in total. The number of thiazole rings is 1. The maximum Gasteiger partial charge on any atom is 0.342 e. The summed E-state index contributed by atoms with van der Waals surface area (Å²) in [4.78, 5) is 30.8. The zero-order chi connectivity index (χ0) is 22.0. The van der Waals surface area contributed by atoms with Gasteiger partial charge in [0.25, 0.3) is 0 Å². The highest BCUT2D eigenvalue weighted by molar-refractivity contribution is 9.10. The molecule has 0 fully saturated rings. The number of carbonyl (C=O) groups excluding carboxylic acids is 2. The normalized spacial score (nSPS) is 10.7. The first kappa shape index (κ1) is 22.0. The number of aromatic nitrogens is 1. The fourth-order valence-electron chi connectivity index (χ4n) is 2.96. The molecule has 1 heterocycles. The largest absolute Gasteiger partial charge is 0.506 e. The van der Waals surface area contributed by atoms with Crippen LogP contribution in [0.2, 0.25) is 0 Å². The van der Waals surface area contributed by atoms with Crippen LogP contribution in [0.3, 0.4) is 0 Å². The van der Waals surface area contributed by atoms with E-state index in [9.17, 15) is 14.7 Å². The van der Waals surface area contributed by atoms with E-state index in [1.165, 1.54) is 18.3 Å². The summed E-state index contributed by atoms with van der Waals surface area (Å²) in [5.74, 6) is -0.970. The van der Waals surface area contributed by atoms with Gasteiger partial charge in [-0.2, -0.15) is 0 Å². The number of benzene rings is 2. The van der Waals surface area contributed by atoms with Crippen LogP contribution in [0.5, 0.6) is 5.75 Å². The van der Waals surface area contributed by atoms with Crippen molar-refractivity contribution in [3.63, 3.8) is 0 Å². The highest BCUT2D eigenvalue weighted by Gasteiger charge is 2.21. The van der Waals surface area contributed by atoms with Crippen LogP contribution in [0.1, 0.15) is 39.7 Å². The van der Waals surface area contributed by atoms with E-state index in [1.54, 1.807) is 22.4 Å². The first-order chi connectivity index (χ1) is 14.2. The lowest BCUT2D eigenvalue weighted by atomic mass is 10.1. The summed E-state index contributed by atoms with van der Waals surface area (Å²) in [6.45, 7) is 7.18. The van der Waals surface area contributed by atoms with Crippen molar-refractivity contribution < 1.29 is 19.4 Å². The summed E-state index contributed by atoms with van der Waals surface area (Å²) in [7, 11) is 0. The number of ether oxygens (including phenoxy) is 1. The number of aromatic hydroxyl groups is 1. The second-order valence-electron chi connectivity index (χ2n) is 6.91. The minimum Gasteiger partial charge on any atom is -0.506 e. The van der Waals surface area contributed by atoms with E-state index in [1.807, 2.05) is 39.0 Å². The zero-order valence-corrected chi connectivity index (χ0v) is 19.4. The zero-order valence-electron chi connectivity index (χ0n) is 17.0. The highest BCUT2D eigenvalue weighted by Crippen LogP contribution is 2.33. The van der Waals surface area contributed by atoms with Crippen molar-refractivity contribution in [3.8, 4) is 5.75 Å². The van der Waals surface area contributed by atoms with Gasteiger partial charge < -0.3 is 9.84 Å². The molecule has 0 bridgehead atoms. The van der Waals surface area contributed by atoms with Crippen LogP contribution in [0, 0.1) is 20.8 Å². The van der Waals surface area contributed by atoms with Gasteiger partial charge in [0.1, 0.15) is 17.9 Å². The van der Waals surface area contributed by atoms with Crippen molar-refractivity contribution in [3.05, 3.63) is 68.1 Å². The van der Waals surface area contributed by atoms with Crippen molar-refractivity contribution >= 4 is 50.0 Å². The summed E-state index contributed by atoms with van der Waals surface area (Å²) in [5.41, 5.74) is 4.26. The minimum absolute atomic E-state index is 0.0706. The number of nitrogens with zero attached hydrogens (tertiary/aromatic N) is 2. The monoisotopic (exact) mass is 488 g/mol. The lowest BCUT2D eigenvalue weighted by Gasteiger charge is -2.21. The summed E-state index contributed by atoms with van der Waals surface area (Å²) in [6.07, 6.45) is 0. The molecule has 0 saturated heterocycles. The molecule has 2 aromatic carbocycles. The standard InChI is InChI=1S/C22H21BrN2O4S/c1-12-8-17(20(27)18(23)9-12)21(28)29-10-16-11-30-22(24-16)25(15(4)26)19-7-5-6-13(2)14(19)3/h5-9,11,27H,10H2,1-4H3. The minimum atomic E-state index is -0.649. The average molecular weight is 489 g/mol. The van der Waals surface area contributed by atoms with Gasteiger partial charge in [0.15, 0.2) is 5.13 Å². The third kappa shape index (κ3) is 4.55. The first-order valence-electron chi connectivity index (χ1n) is 9.16. The van der Waals surface area contributed by atoms with Crippen molar-refractivity contribution in [2.75, 3.05) is 4.90 Å². The Morgan fingerprint density at radius 1 is 1.23 bits per heavy atom. The molecule has 30 heavy (non-hydrogen) atoms. The Labute approximate surface area is 187 Å². The number of amides is 1. The molecule has 3 aromatic rings. The van der Waals surface area contributed by atoms with Crippen LogP contribution in [0.15, 0.2) is 40.2 Å². The molecule has 0 saturated carbocycles. The van der Waals surface area contributed by atoms with Gasteiger partial charge in [0, 0.05) is 12.3 Å². The number of hydrogen-bond donors (Lipinski definition) is 1. The molecule has 1 amide bonds. The molecule has 0 atom stereocenters. The Kier molecular flexibility index (Phi) is 6.58. The Hall–Kier alpha value is -2.71. The van der Waals surface area contributed by atoms with Gasteiger partial charge in [0.2, 0.25) is 5.91 Å². The third-order valence-corrected chi connectivity index (χ3v) is 6.12. The molecule has 0 radical (unpaired) electrons. The Balaban J connectivity index is 1.80. The highest BCUT2D eigenvalue weighted by atomic mass is 79.9. The lowest BCUT2D eigenvalue weighted by Crippen LogP contribution is -2.23. The second kappa shape index (κ2) is 8.97. The smallest absolute Gasteiger partial charge is 0.342 e. The van der Waals surface area contributed by atoms with Crippen LogP contribution < -0.4 is 4.90 Å². The summed E-state index contributed by atoms with van der Waals surface area (Å²) >= 11 is 4.52. The van der Waals surface area contributed by atoms with Gasteiger partial charge in [-0.3, -0.25) is 9.69 Å². The van der Waals surface area contributed by atoms with Gasteiger partial charge in [-0.1, -0.05) is 12.1 Å². The van der Waals surface area contributed by atoms with Crippen molar-refractivity contribution in [2.45, 2.75) is 34.3 Å². The number of carbonyl (C=O) groups is 2. The predicted molar refractivity (Wildman–Crippen MR) is 121 cm³/mol. The number of esters is 1. The molecule has 0 aliphatic heterocycles. The maximum absolute atomic E-state index is 12.4. The van der Waals surface area contributed by atoms with Gasteiger partial charge in [-0.05, 0) is 71.6 Å². The molecule has 0 unspecified atom stereocenters. The Morgan fingerprint density at radius 2 is 1.97 bits per heavy atom. The molecule has 0 aliphatic rings. The fourth-order valence-corrected chi connectivity index (χ4v) is 4.40. The van der Waals surface area contributed by atoms with Gasteiger partial charge >= 0.3 is 5.97 Å². The molecule has 3 rings (SSSR count). The quantitative estimate of drug-likeness (QED) is 0.474. The SMILES string of the molecule is CC(=O)N(c1nc(COC(=O)c2cc(C)cc(Br)c2O)cs1)c1cccc(C)c1C. The van der Waals surface area contributed by atoms with E-state index in [0.29, 0.717) is 15.3 Å². The van der Waals surface area contributed by atoms with Crippen molar-refractivity contribution in [1.82, 2.24) is 4.98 Å². The molecule has 1 aromatic heterocycles. The van der Waals surface area contributed by atoms with E-state index < -0.39 is 5.97 Å². The summed E-state index contributed by atoms with van der Waals surface area (Å²) in [5, 5.41) is 12.3. The van der Waals surface area contributed by atoms with Gasteiger partial charge in [-0.15, -0.1) is 11.3 Å². The first-order valence-corrected chi connectivity index (χ1v) is 10.8. The van der Waals surface area contributed by atoms with E-state index >= 15 is 0 Å². The molecular formula is C22H21BrN2O4S. The number of halogens is 1. The van der Waals surface area contributed by atoms with Crippen LogP contribution in [-0.4, -0.2) is 22.0 Å². The molecule has 6 nitrogen and oxygen atoms in total. The molecule has 156 valence electrons. The topological polar surface area (TPSA) is 79.7 Å². The molecule has 0 spiro atoms. The molecule has 0 aliphatic carbocycles. The number of phenols is 1. The molecular weight excluding hydrogens is 468 g/mol. The second-order valence-corrected chi connectivity index (χ2v) is 8.60. The number of phenolic OH excluding ortho intramolecular Hbond substituents is 1. The third-order valence-electron chi connectivity index (χ3n) is 4.64. The number of anilines is 2. The van der Waals surface area contributed by atoms with E-state index in [2.05, 4.69) is 20.9 Å². The van der Waals surface area contributed by atoms with Crippen LogP contribution in [-0.2, 0) is 16.1 Å². The maximum atomic E-state index is 12.4. The van der Waals surface area contributed by atoms with E-state index in [-0.39, 0.29) is 23.8 Å². The Morgan fingerprint density at radius 3 is 2.67 bits per heavy atom. The van der Waals surface area contributed by atoms with Crippen LogP contribution in [0.4, 0.5) is 10.8 Å². The summed E-state index contributed by atoms with van der Waals surface area (Å²) in [6, 6.07) is 9.04. The van der Waals surface area contributed by atoms with Gasteiger partial charge in [-0.25, -0.2) is 9.78 Å². The average Bonchev–Trinajstić information content (AvgIpc) is 3.14.